The zero-order valence-electron chi connectivity index (χ0n) is 16.2. The summed E-state index contributed by atoms with van der Waals surface area (Å²) in [6.07, 6.45) is 5.88. The molecule has 2 aromatic carbocycles. The molecule has 0 N–H and O–H groups in total. The second-order valence-corrected chi connectivity index (χ2v) is 7.08. The summed E-state index contributed by atoms with van der Waals surface area (Å²) in [6, 6.07) is 16.9. The average molecular weight is 364 g/mol. The first kappa shape index (κ1) is 19.2. The number of ether oxygens (including phenoxy) is 2. The van der Waals surface area contributed by atoms with Gasteiger partial charge in [0.05, 0.1) is 19.1 Å². The van der Waals surface area contributed by atoms with Crippen LogP contribution in [0.25, 0.3) is 11.6 Å². The number of carbonyl (C=O) groups is 1. The number of carbonyl (C=O) groups excluding carboxylic acids is 1. The van der Waals surface area contributed by atoms with Gasteiger partial charge in [-0.1, -0.05) is 56.3 Å². The molecular weight excluding hydrogens is 336 g/mol. The van der Waals surface area contributed by atoms with E-state index >= 15 is 0 Å². The molecular formula is C24H28O3. The Hall–Kier alpha value is -2.55. The Labute approximate surface area is 162 Å². The maximum absolute atomic E-state index is 11.6. The summed E-state index contributed by atoms with van der Waals surface area (Å²) in [4.78, 5) is 11.6. The van der Waals surface area contributed by atoms with Gasteiger partial charge in [-0.05, 0) is 53.7 Å². The summed E-state index contributed by atoms with van der Waals surface area (Å²) in [5.41, 5.74) is 5.29. The van der Waals surface area contributed by atoms with E-state index in [0.717, 1.165) is 25.0 Å². The molecule has 0 saturated carbocycles. The fraction of sp³-hybridized carbons (Fsp3) is 0.375. The molecule has 0 saturated heterocycles. The summed E-state index contributed by atoms with van der Waals surface area (Å²) >= 11 is 0. The minimum Gasteiger partial charge on any atom is -0.493 e. The van der Waals surface area contributed by atoms with Crippen molar-refractivity contribution >= 4 is 17.6 Å². The molecule has 27 heavy (non-hydrogen) atoms. The lowest BCUT2D eigenvalue weighted by Crippen LogP contribution is -2.15. The van der Waals surface area contributed by atoms with Crippen molar-refractivity contribution in [1.29, 1.82) is 0 Å². The molecule has 142 valence electrons. The van der Waals surface area contributed by atoms with E-state index in [-0.39, 0.29) is 11.9 Å². The van der Waals surface area contributed by atoms with Crippen LogP contribution >= 0.6 is 0 Å². The molecule has 0 radical (unpaired) electrons. The smallest absolute Gasteiger partial charge is 0.308 e. The Balaban J connectivity index is 1.51. The van der Waals surface area contributed by atoms with E-state index in [4.69, 9.17) is 9.47 Å². The van der Waals surface area contributed by atoms with Gasteiger partial charge in [0.15, 0.2) is 0 Å². The van der Waals surface area contributed by atoms with Crippen LogP contribution in [-0.4, -0.2) is 19.2 Å². The average Bonchev–Trinajstić information content (AvgIpc) is 2.72. The molecule has 2 aromatic rings. The Bertz CT molecular complexity index is 793. The van der Waals surface area contributed by atoms with Crippen LogP contribution in [0.3, 0.4) is 0 Å². The minimum absolute atomic E-state index is 0.0274. The number of hydrogen-bond acceptors (Lipinski definition) is 3. The molecule has 3 heteroatoms. The first-order valence-electron chi connectivity index (χ1n) is 9.85. The van der Waals surface area contributed by atoms with Crippen LogP contribution in [0.4, 0.5) is 0 Å². The SMILES string of the molecule is CCC(C)C(=O)OCCCOc1ccc2c(c1)CCC(c1ccccc1)=C2. The quantitative estimate of drug-likeness (QED) is 0.456. The molecule has 3 nitrogen and oxygen atoms in total. The summed E-state index contributed by atoms with van der Waals surface area (Å²) in [5, 5.41) is 0. The second-order valence-electron chi connectivity index (χ2n) is 7.08. The van der Waals surface area contributed by atoms with Gasteiger partial charge < -0.3 is 9.47 Å². The van der Waals surface area contributed by atoms with Gasteiger partial charge >= 0.3 is 5.97 Å². The normalized spacial score (nSPS) is 14.1. The van der Waals surface area contributed by atoms with Crippen molar-refractivity contribution in [1.82, 2.24) is 0 Å². The third-order valence-electron chi connectivity index (χ3n) is 5.07. The largest absolute Gasteiger partial charge is 0.493 e. The third-order valence-corrected chi connectivity index (χ3v) is 5.07. The van der Waals surface area contributed by atoms with Crippen molar-refractivity contribution in [2.75, 3.05) is 13.2 Å². The van der Waals surface area contributed by atoms with E-state index in [1.54, 1.807) is 0 Å². The second kappa shape index (κ2) is 9.40. The molecule has 0 aliphatic heterocycles. The molecule has 0 heterocycles. The molecule has 0 amide bonds. The first-order chi connectivity index (χ1) is 13.2. The number of esters is 1. The molecule has 0 aromatic heterocycles. The number of hydrogen-bond donors (Lipinski definition) is 0. The molecule has 1 aliphatic rings. The van der Waals surface area contributed by atoms with Gasteiger partial charge in [-0.3, -0.25) is 4.79 Å². The van der Waals surface area contributed by atoms with Crippen molar-refractivity contribution in [3.8, 4) is 5.75 Å². The van der Waals surface area contributed by atoms with E-state index in [1.807, 2.05) is 19.9 Å². The van der Waals surface area contributed by atoms with Crippen molar-refractivity contribution in [3.05, 3.63) is 65.2 Å². The Kier molecular flexibility index (Phi) is 6.69. The standard InChI is InChI=1S/C24H28O3/c1-3-18(2)24(25)27-15-7-14-26-23-13-12-21-16-20(10-11-22(21)17-23)19-8-5-4-6-9-19/h4-6,8-9,12-13,16-18H,3,7,10-11,14-15H2,1-2H3. The third kappa shape index (κ3) is 5.22. The van der Waals surface area contributed by atoms with Gasteiger partial charge in [0, 0.05) is 6.42 Å². The van der Waals surface area contributed by atoms with Gasteiger partial charge in [-0.25, -0.2) is 0 Å². The van der Waals surface area contributed by atoms with Gasteiger partial charge in [-0.2, -0.15) is 0 Å². The van der Waals surface area contributed by atoms with Crippen molar-refractivity contribution in [2.45, 2.75) is 39.5 Å². The number of allylic oxidation sites excluding steroid dienone is 1. The predicted octanol–water partition coefficient (Wildman–Crippen LogP) is 5.53. The summed E-state index contributed by atoms with van der Waals surface area (Å²) in [7, 11) is 0. The van der Waals surface area contributed by atoms with Crippen LogP contribution in [0.15, 0.2) is 48.5 Å². The van der Waals surface area contributed by atoms with Crippen molar-refractivity contribution < 1.29 is 14.3 Å². The summed E-state index contributed by atoms with van der Waals surface area (Å²) in [6.45, 7) is 4.85. The monoisotopic (exact) mass is 364 g/mol. The van der Waals surface area contributed by atoms with Gasteiger partial charge in [0.1, 0.15) is 5.75 Å². The highest BCUT2D eigenvalue weighted by atomic mass is 16.5. The van der Waals surface area contributed by atoms with Crippen LogP contribution in [0.2, 0.25) is 0 Å². The topological polar surface area (TPSA) is 35.5 Å². The van der Waals surface area contributed by atoms with E-state index in [0.29, 0.717) is 19.6 Å². The van der Waals surface area contributed by atoms with Gasteiger partial charge in [0.2, 0.25) is 0 Å². The molecule has 0 bridgehead atoms. The summed E-state index contributed by atoms with van der Waals surface area (Å²) < 4.78 is 11.1. The number of aryl methyl sites for hydroxylation is 1. The molecule has 0 fully saturated rings. The van der Waals surface area contributed by atoms with E-state index in [1.165, 1.54) is 22.3 Å². The number of rotatable bonds is 8. The molecule has 1 aliphatic carbocycles. The molecule has 3 rings (SSSR count). The van der Waals surface area contributed by atoms with Gasteiger partial charge in [-0.15, -0.1) is 0 Å². The van der Waals surface area contributed by atoms with Crippen LogP contribution < -0.4 is 4.74 Å². The zero-order valence-corrected chi connectivity index (χ0v) is 16.2. The van der Waals surface area contributed by atoms with E-state index in [2.05, 4.69) is 48.5 Å². The zero-order chi connectivity index (χ0) is 19.1. The lowest BCUT2D eigenvalue weighted by atomic mass is 9.88. The first-order valence-corrected chi connectivity index (χ1v) is 9.85. The lowest BCUT2D eigenvalue weighted by molar-refractivity contribution is -0.148. The number of benzene rings is 2. The Morgan fingerprint density at radius 2 is 1.89 bits per heavy atom. The number of fused-ring (bicyclic) bond motifs is 1. The van der Waals surface area contributed by atoms with Crippen LogP contribution in [-0.2, 0) is 16.0 Å². The molecule has 0 spiro atoms. The highest BCUT2D eigenvalue weighted by Crippen LogP contribution is 2.32. The van der Waals surface area contributed by atoms with Crippen molar-refractivity contribution in [2.24, 2.45) is 5.92 Å². The van der Waals surface area contributed by atoms with Crippen LogP contribution in [0.1, 0.15) is 49.8 Å². The highest BCUT2D eigenvalue weighted by Gasteiger charge is 2.13. The van der Waals surface area contributed by atoms with Crippen molar-refractivity contribution in [3.63, 3.8) is 0 Å². The fourth-order valence-corrected chi connectivity index (χ4v) is 3.17. The molecule has 1 unspecified atom stereocenters. The Morgan fingerprint density at radius 3 is 2.67 bits per heavy atom. The highest BCUT2D eigenvalue weighted by molar-refractivity contribution is 5.84. The van der Waals surface area contributed by atoms with Crippen LogP contribution in [0, 0.1) is 5.92 Å². The maximum Gasteiger partial charge on any atom is 0.308 e. The Morgan fingerprint density at radius 1 is 1.07 bits per heavy atom. The lowest BCUT2D eigenvalue weighted by Gasteiger charge is -2.18. The van der Waals surface area contributed by atoms with Crippen LogP contribution in [0.5, 0.6) is 5.75 Å². The summed E-state index contributed by atoms with van der Waals surface area (Å²) in [5.74, 6) is 0.742. The van der Waals surface area contributed by atoms with E-state index < -0.39 is 0 Å². The van der Waals surface area contributed by atoms with Gasteiger partial charge in [0.25, 0.3) is 0 Å². The van der Waals surface area contributed by atoms with E-state index in [9.17, 15) is 4.79 Å². The fourth-order valence-electron chi connectivity index (χ4n) is 3.17. The molecule has 1 atom stereocenters. The predicted molar refractivity (Wildman–Crippen MR) is 110 cm³/mol. The maximum atomic E-state index is 11.6. The minimum atomic E-state index is -0.118.